The van der Waals surface area contributed by atoms with Crippen molar-refractivity contribution >= 4 is 45.7 Å². The van der Waals surface area contributed by atoms with Crippen molar-refractivity contribution in [2.45, 2.75) is 39.1 Å². The summed E-state index contributed by atoms with van der Waals surface area (Å²) in [6.45, 7) is 6.79. The van der Waals surface area contributed by atoms with Gasteiger partial charge < -0.3 is 14.6 Å². The Bertz CT molecular complexity index is 1360. The van der Waals surface area contributed by atoms with Crippen LogP contribution in [0, 0.1) is 19.7 Å². The number of aryl methyl sites for hydroxylation is 2. The Morgan fingerprint density at radius 1 is 1.20 bits per heavy atom. The van der Waals surface area contributed by atoms with E-state index in [9.17, 15) is 9.18 Å². The number of nitrogens with one attached hydrogen (secondary N) is 1. The SMILES string of the molecule is CCn1c(COc2ccc(F)cc2Cl)nnc1SCC(=O)Nc1nc(-c2ccc(C)c(C)c2)cs1. The maximum absolute atomic E-state index is 13.2. The van der Waals surface area contributed by atoms with E-state index < -0.39 is 5.82 Å². The molecule has 0 atom stereocenters. The first-order valence-electron chi connectivity index (χ1n) is 10.8. The molecule has 1 N–H and O–H groups in total. The van der Waals surface area contributed by atoms with Crippen molar-refractivity contribution in [2.24, 2.45) is 0 Å². The van der Waals surface area contributed by atoms with Gasteiger partial charge in [0.05, 0.1) is 16.5 Å². The van der Waals surface area contributed by atoms with Gasteiger partial charge in [0, 0.05) is 17.5 Å². The minimum atomic E-state index is -0.435. The molecule has 0 unspecified atom stereocenters. The van der Waals surface area contributed by atoms with Gasteiger partial charge in [0.15, 0.2) is 16.1 Å². The molecule has 1 amide bonds. The number of rotatable bonds is 9. The third kappa shape index (κ3) is 6.19. The number of nitrogens with zero attached hydrogens (tertiary/aromatic N) is 4. The predicted octanol–water partition coefficient (Wildman–Crippen LogP) is 6.14. The molecule has 2 aromatic carbocycles. The fraction of sp³-hybridized carbons (Fsp3) is 0.250. The molecule has 2 heterocycles. The van der Waals surface area contributed by atoms with Gasteiger partial charge in [-0.25, -0.2) is 9.37 Å². The molecule has 2 aromatic heterocycles. The molecule has 182 valence electrons. The second kappa shape index (κ2) is 11.2. The van der Waals surface area contributed by atoms with Crippen LogP contribution in [-0.2, 0) is 17.9 Å². The fourth-order valence-corrected chi connectivity index (χ4v) is 5.01. The van der Waals surface area contributed by atoms with Crippen LogP contribution in [0.1, 0.15) is 23.9 Å². The number of hydrogen-bond acceptors (Lipinski definition) is 7. The monoisotopic (exact) mass is 531 g/mol. The number of halogens is 2. The molecule has 0 radical (unpaired) electrons. The third-order valence-corrected chi connectivity index (χ3v) is 7.27. The van der Waals surface area contributed by atoms with Gasteiger partial charge in [-0.3, -0.25) is 4.79 Å². The van der Waals surface area contributed by atoms with Gasteiger partial charge in [-0.15, -0.1) is 21.5 Å². The predicted molar refractivity (Wildman–Crippen MR) is 138 cm³/mol. The molecule has 11 heteroatoms. The molecule has 0 fully saturated rings. The number of anilines is 1. The molecule has 0 aliphatic carbocycles. The van der Waals surface area contributed by atoms with Gasteiger partial charge in [-0.2, -0.15) is 0 Å². The number of thiazole rings is 1. The summed E-state index contributed by atoms with van der Waals surface area (Å²) in [4.78, 5) is 17.1. The summed E-state index contributed by atoms with van der Waals surface area (Å²) in [5.41, 5.74) is 4.27. The lowest BCUT2D eigenvalue weighted by Crippen LogP contribution is -2.14. The van der Waals surface area contributed by atoms with Crippen LogP contribution < -0.4 is 10.1 Å². The summed E-state index contributed by atoms with van der Waals surface area (Å²) in [7, 11) is 0. The highest BCUT2D eigenvalue weighted by molar-refractivity contribution is 7.99. The van der Waals surface area contributed by atoms with E-state index in [0.29, 0.717) is 28.4 Å². The van der Waals surface area contributed by atoms with Crippen LogP contribution in [-0.4, -0.2) is 31.4 Å². The number of amides is 1. The van der Waals surface area contributed by atoms with E-state index >= 15 is 0 Å². The smallest absolute Gasteiger partial charge is 0.236 e. The number of hydrogen-bond donors (Lipinski definition) is 1. The minimum Gasteiger partial charge on any atom is -0.484 e. The molecule has 0 aliphatic rings. The maximum Gasteiger partial charge on any atom is 0.236 e. The molecule has 0 bridgehead atoms. The second-order valence-corrected chi connectivity index (χ2v) is 9.89. The largest absolute Gasteiger partial charge is 0.484 e. The summed E-state index contributed by atoms with van der Waals surface area (Å²) in [5.74, 6) is 0.471. The van der Waals surface area contributed by atoms with E-state index in [1.54, 1.807) is 0 Å². The molecular formula is C24H23ClFN5O2S2. The van der Waals surface area contributed by atoms with Crippen LogP contribution in [0.5, 0.6) is 5.75 Å². The topological polar surface area (TPSA) is 81.9 Å². The average Bonchev–Trinajstić information content (AvgIpc) is 3.45. The Labute approximate surface area is 215 Å². The quantitative estimate of drug-likeness (QED) is 0.261. The van der Waals surface area contributed by atoms with Gasteiger partial charge in [0.1, 0.15) is 18.2 Å². The Kier molecular flexibility index (Phi) is 8.04. The summed E-state index contributed by atoms with van der Waals surface area (Å²) in [6, 6.07) is 10.1. The van der Waals surface area contributed by atoms with E-state index in [0.717, 1.165) is 11.3 Å². The fourth-order valence-electron chi connectivity index (χ4n) is 3.23. The van der Waals surface area contributed by atoms with Crippen molar-refractivity contribution in [3.63, 3.8) is 0 Å². The molecule has 4 rings (SSSR count). The van der Waals surface area contributed by atoms with Crippen LogP contribution in [0.15, 0.2) is 46.9 Å². The molecule has 0 saturated carbocycles. The van der Waals surface area contributed by atoms with E-state index in [2.05, 4.69) is 46.5 Å². The number of benzene rings is 2. The van der Waals surface area contributed by atoms with Crippen molar-refractivity contribution in [3.8, 4) is 17.0 Å². The number of ether oxygens (including phenoxy) is 1. The van der Waals surface area contributed by atoms with Crippen LogP contribution >= 0.6 is 34.7 Å². The van der Waals surface area contributed by atoms with E-state index in [1.165, 1.54) is 52.4 Å². The Hall–Kier alpha value is -2.95. The molecule has 7 nitrogen and oxygen atoms in total. The normalized spacial score (nSPS) is 11.0. The lowest BCUT2D eigenvalue weighted by molar-refractivity contribution is -0.113. The number of aromatic nitrogens is 4. The lowest BCUT2D eigenvalue weighted by Gasteiger charge is -2.10. The van der Waals surface area contributed by atoms with Crippen molar-refractivity contribution in [3.05, 3.63) is 69.6 Å². The number of carbonyl (C=O) groups is 1. The highest BCUT2D eigenvalue weighted by Gasteiger charge is 2.15. The van der Waals surface area contributed by atoms with Crippen LogP contribution in [0.25, 0.3) is 11.3 Å². The van der Waals surface area contributed by atoms with Gasteiger partial charge in [0.2, 0.25) is 5.91 Å². The highest BCUT2D eigenvalue weighted by Crippen LogP contribution is 2.28. The lowest BCUT2D eigenvalue weighted by atomic mass is 10.1. The standard InChI is InChI=1S/C24H23ClFN5O2S2/c1-4-31-21(11-33-20-8-7-17(26)10-18(20)25)29-30-24(31)35-13-22(32)28-23-27-19(12-34-23)16-6-5-14(2)15(3)9-16/h5-10,12H,4,11,13H2,1-3H3,(H,27,28,32). The van der Waals surface area contributed by atoms with E-state index in [1.807, 2.05) is 22.9 Å². The molecule has 0 aliphatic heterocycles. The van der Waals surface area contributed by atoms with Crippen LogP contribution in [0.3, 0.4) is 0 Å². The van der Waals surface area contributed by atoms with Crippen LogP contribution in [0.4, 0.5) is 9.52 Å². The maximum atomic E-state index is 13.2. The zero-order chi connectivity index (χ0) is 24.9. The summed E-state index contributed by atoms with van der Waals surface area (Å²) < 4.78 is 20.8. The Balaban J connectivity index is 1.34. The van der Waals surface area contributed by atoms with Gasteiger partial charge in [-0.1, -0.05) is 35.5 Å². The van der Waals surface area contributed by atoms with E-state index in [4.69, 9.17) is 16.3 Å². The van der Waals surface area contributed by atoms with Crippen molar-refractivity contribution in [1.29, 1.82) is 0 Å². The van der Waals surface area contributed by atoms with Gasteiger partial charge >= 0.3 is 0 Å². The first-order chi connectivity index (χ1) is 16.8. The van der Waals surface area contributed by atoms with Crippen molar-refractivity contribution in [1.82, 2.24) is 19.7 Å². The van der Waals surface area contributed by atoms with Crippen LogP contribution in [0.2, 0.25) is 5.02 Å². The molecule has 0 saturated heterocycles. The average molecular weight is 532 g/mol. The minimum absolute atomic E-state index is 0.110. The first kappa shape index (κ1) is 25.2. The van der Waals surface area contributed by atoms with Gasteiger partial charge in [-0.05, 0) is 56.2 Å². The summed E-state index contributed by atoms with van der Waals surface area (Å²) in [5, 5.41) is 14.5. The summed E-state index contributed by atoms with van der Waals surface area (Å²) in [6.07, 6.45) is 0. The van der Waals surface area contributed by atoms with Crippen molar-refractivity contribution < 1.29 is 13.9 Å². The van der Waals surface area contributed by atoms with Gasteiger partial charge in [0.25, 0.3) is 0 Å². The van der Waals surface area contributed by atoms with E-state index in [-0.39, 0.29) is 23.3 Å². The highest BCUT2D eigenvalue weighted by atomic mass is 35.5. The molecule has 0 spiro atoms. The molecule has 4 aromatic rings. The summed E-state index contributed by atoms with van der Waals surface area (Å²) >= 11 is 8.68. The zero-order valence-corrected chi connectivity index (χ0v) is 21.7. The van der Waals surface area contributed by atoms with Crippen molar-refractivity contribution in [2.75, 3.05) is 11.1 Å². The number of carbonyl (C=O) groups excluding carboxylic acids is 1. The Morgan fingerprint density at radius 3 is 2.77 bits per heavy atom. The molecular weight excluding hydrogens is 509 g/mol. The number of thioether (sulfide) groups is 1. The molecule has 35 heavy (non-hydrogen) atoms. The zero-order valence-electron chi connectivity index (χ0n) is 19.3. The third-order valence-electron chi connectivity index (χ3n) is 5.25. The first-order valence-corrected chi connectivity index (χ1v) is 13.0. The Morgan fingerprint density at radius 2 is 2.03 bits per heavy atom. The second-order valence-electron chi connectivity index (χ2n) is 7.68.